The number of hydrogen-bond acceptors (Lipinski definition) is 7. The zero-order valence-corrected chi connectivity index (χ0v) is 22.3. The molecular formula is C31H28FN5O4. The van der Waals surface area contributed by atoms with Crippen LogP contribution in [0.2, 0.25) is 0 Å². The summed E-state index contributed by atoms with van der Waals surface area (Å²) < 4.78 is 28.0. The number of benzene rings is 1. The SMILES string of the molecule is N#Cc1ccc(COc2ncccc2C2=CCC(Cc3nc4ccc(C(=O)O)nc4n3C[C@@H]3CCO3)CC2)c(F)c1. The van der Waals surface area contributed by atoms with E-state index in [1.54, 1.807) is 24.4 Å². The Hall–Kier alpha value is -4.62. The Morgan fingerprint density at radius 2 is 2.10 bits per heavy atom. The van der Waals surface area contributed by atoms with E-state index >= 15 is 0 Å². The fourth-order valence-electron chi connectivity index (χ4n) is 5.35. The van der Waals surface area contributed by atoms with E-state index in [4.69, 9.17) is 19.7 Å². The molecule has 1 saturated heterocycles. The molecule has 1 N–H and O–H groups in total. The first-order chi connectivity index (χ1) is 20.0. The maximum atomic E-state index is 14.4. The van der Waals surface area contributed by atoms with Crippen LogP contribution in [0.3, 0.4) is 0 Å². The molecule has 208 valence electrons. The lowest BCUT2D eigenvalue weighted by atomic mass is 9.85. The number of allylic oxidation sites excluding steroid dienone is 2. The van der Waals surface area contributed by atoms with Crippen molar-refractivity contribution in [1.29, 1.82) is 5.26 Å². The quantitative estimate of drug-likeness (QED) is 0.295. The molecule has 1 unspecified atom stereocenters. The second kappa shape index (κ2) is 11.5. The number of pyridine rings is 2. The van der Waals surface area contributed by atoms with Gasteiger partial charge in [-0.3, -0.25) is 0 Å². The highest BCUT2D eigenvalue weighted by Crippen LogP contribution is 2.36. The van der Waals surface area contributed by atoms with Gasteiger partial charge in [0.15, 0.2) is 11.3 Å². The Morgan fingerprint density at radius 1 is 1.22 bits per heavy atom. The van der Waals surface area contributed by atoms with Crippen molar-refractivity contribution in [2.45, 2.75) is 51.4 Å². The lowest BCUT2D eigenvalue weighted by Gasteiger charge is -2.28. The number of imidazole rings is 1. The van der Waals surface area contributed by atoms with Gasteiger partial charge in [0.1, 0.15) is 23.8 Å². The van der Waals surface area contributed by atoms with Crippen LogP contribution in [0.5, 0.6) is 5.88 Å². The van der Waals surface area contributed by atoms with Crippen LogP contribution in [-0.4, -0.2) is 43.3 Å². The number of carboxylic acid groups (broad SMARTS) is 1. The van der Waals surface area contributed by atoms with E-state index in [1.807, 2.05) is 22.8 Å². The van der Waals surface area contributed by atoms with Crippen molar-refractivity contribution in [3.05, 3.63) is 88.8 Å². The van der Waals surface area contributed by atoms with Crippen LogP contribution in [0.25, 0.3) is 16.7 Å². The molecule has 4 heterocycles. The predicted octanol–water partition coefficient (Wildman–Crippen LogP) is 5.33. The number of rotatable bonds is 9. The van der Waals surface area contributed by atoms with E-state index in [9.17, 15) is 14.3 Å². The maximum Gasteiger partial charge on any atom is 0.354 e. The van der Waals surface area contributed by atoms with Crippen molar-refractivity contribution in [3.8, 4) is 11.9 Å². The molecule has 0 saturated carbocycles. The summed E-state index contributed by atoms with van der Waals surface area (Å²) in [4.78, 5) is 25.2. The first-order valence-corrected chi connectivity index (χ1v) is 13.7. The van der Waals surface area contributed by atoms with Gasteiger partial charge in [0.25, 0.3) is 0 Å². The molecule has 0 amide bonds. The van der Waals surface area contributed by atoms with Crippen molar-refractivity contribution >= 4 is 22.7 Å². The van der Waals surface area contributed by atoms with Crippen molar-refractivity contribution < 1.29 is 23.8 Å². The molecule has 9 nitrogen and oxygen atoms in total. The minimum atomic E-state index is -1.06. The van der Waals surface area contributed by atoms with Crippen LogP contribution in [0.1, 0.15) is 58.7 Å². The van der Waals surface area contributed by atoms with Gasteiger partial charge in [0.05, 0.1) is 24.3 Å². The molecule has 1 aliphatic heterocycles. The third-order valence-electron chi connectivity index (χ3n) is 7.72. The van der Waals surface area contributed by atoms with Gasteiger partial charge >= 0.3 is 5.97 Å². The number of halogens is 1. The molecule has 10 heteroatoms. The second-order valence-electron chi connectivity index (χ2n) is 10.4. The Labute approximate surface area is 235 Å². The number of aromatic nitrogens is 4. The molecule has 3 aromatic heterocycles. The monoisotopic (exact) mass is 553 g/mol. The van der Waals surface area contributed by atoms with Crippen LogP contribution in [0.15, 0.2) is 54.7 Å². The maximum absolute atomic E-state index is 14.4. The average Bonchev–Trinajstić information content (AvgIpc) is 3.30. The fraction of sp³-hybridized carbons (Fsp3) is 0.323. The summed E-state index contributed by atoms with van der Waals surface area (Å²) in [5, 5.41) is 18.4. The van der Waals surface area contributed by atoms with Gasteiger partial charge in [-0.2, -0.15) is 5.26 Å². The van der Waals surface area contributed by atoms with Gasteiger partial charge in [-0.15, -0.1) is 0 Å². The molecule has 6 rings (SSSR count). The van der Waals surface area contributed by atoms with Crippen molar-refractivity contribution in [3.63, 3.8) is 0 Å². The summed E-state index contributed by atoms with van der Waals surface area (Å²) in [5.41, 5.74) is 3.92. The van der Waals surface area contributed by atoms with Crippen molar-refractivity contribution in [1.82, 2.24) is 19.5 Å². The lowest BCUT2D eigenvalue weighted by Crippen LogP contribution is -2.32. The van der Waals surface area contributed by atoms with E-state index in [2.05, 4.69) is 16.0 Å². The predicted molar refractivity (Wildman–Crippen MR) is 148 cm³/mol. The number of carbonyl (C=O) groups is 1. The van der Waals surface area contributed by atoms with E-state index in [0.717, 1.165) is 55.7 Å². The number of ether oxygens (including phenoxy) is 2. The largest absolute Gasteiger partial charge is 0.477 e. The zero-order valence-electron chi connectivity index (χ0n) is 22.3. The Morgan fingerprint density at radius 3 is 2.80 bits per heavy atom. The summed E-state index contributed by atoms with van der Waals surface area (Å²) in [7, 11) is 0. The molecule has 41 heavy (non-hydrogen) atoms. The Bertz CT molecular complexity index is 1690. The average molecular weight is 554 g/mol. The molecule has 1 aromatic carbocycles. The molecule has 0 radical (unpaired) electrons. The Kier molecular flexibility index (Phi) is 7.44. The summed E-state index contributed by atoms with van der Waals surface area (Å²) >= 11 is 0. The molecule has 4 aromatic rings. The summed E-state index contributed by atoms with van der Waals surface area (Å²) in [5.74, 6) is 0.146. The standard InChI is InChI=1S/C31H28FN5O4/c32-25-14-20(16-33)5-8-22(25)18-41-30-24(2-1-12-34-30)21-6-3-19(4-7-21)15-28-35-26-9-10-27(31(38)39)36-29(26)37(28)17-23-11-13-40-23/h1-2,5-6,8-10,12,14,19,23H,3-4,7,11,13,15,17-18H2,(H,38,39)/t19?,23-/m0/s1. The summed E-state index contributed by atoms with van der Waals surface area (Å²) in [6.07, 6.45) is 8.24. The van der Waals surface area contributed by atoms with Gasteiger partial charge in [0, 0.05) is 30.4 Å². The molecule has 0 spiro atoms. The third-order valence-corrected chi connectivity index (χ3v) is 7.72. The summed E-state index contributed by atoms with van der Waals surface area (Å²) in [6.45, 7) is 1.35. The van der Waals surface area contributed by atoms with Crippen molar-refractivity contribution in [2.24, 2.45) is 5.92 Å². The number of hydrogen-bond donors (Lipinski definition) is 1. The minimum absolute atomic E-state index is 0.00128. The fourth-order valence-corrected chi connectivity index (χ4v) is 5.35. The highest BCUT2D eigenvalue weighted by atomic mass is 19.1. The second-order valence-corrected chi connectivity index (χ2v) is 10.4. The topological polar surface area (TPSA) is 123 Å². The third kappa shape index (κ3) is 5.67. The van der Waals surface area contributed by atoms with Gasteiger partial charge < -0.3 is 19.1 Å². The highest BCUT2D eigenvalue weighted by Gasteiger charge is 2.26. The van der Waals surface area contributed by atoms with Crippen LogP contribution < -0.4 is 4.74 Å². The molecule has 1 fully saturated rings. The van der Waals surface area contributed by atoms with Gasteiger partial charge in [0.2, 0.25) is 5.88 Å². The van der Waals surface area contributed by atoms with E-state index in [1.165, 1.54) is 12.1 Å². The smallest absolute Gasteiger partial charge is 0.354 e. The number of carboxylic acids is 1. The molecule has 2 aliphatic rings. The first-order valence-electron chi connectivity index (χ1n) is 13.7. The molecule has 1 aliphatic carbocycles. The van der Waals surface area contributed by atoms with E-state index in [-0.39, 0.29) is 24.0 Å². The molecule has 0 bridgehead atoms. The lowest BCUT2D eigenvalue weighted by molar-refractivity contribution is -0.0591. The normalized spacial score (nSPS) is 18.4. The summed E-state index contributed by atoms with van der Waals surface area (Å²) in [6, 6.07) is 13.3. The molecule has 2 atom stereocenters. The number of nitriles is 1. The number of nitrogens with zero attached hydrogens (tertiary/aromatic N) is 5. The van der Waals surface area contributed by atoms with E-state index < -0.39 is 11.8 Å². The van der Waals surface area contributed by atoms with Gasteiger partial charge in [-0.1, -0.05) is 12.1 Å². The van der Waals surface area contributed by atoms with Crippen LogP contribution in [0, 0.1) is 23.1 Å². The number of fused-ring (bicyclic) bond motifs is 1. The van der Waals surface area contributed by atoms with Crippen molar-refractivity contribution in [2.75, 3.05) is 6.61 Å². The Balaban J connectivity index is 1.18. The van der Waals surface area contributed by atoms with E-state index in [0.29, 0.717) is 35.1 Å². The molecular weight excluding hydrogens is 525 g/mol. The van der Waals surface area contributed by atoms with Crippen LogP contribution in [-0.2, 0) is 24.3 Å². The van der Waals surface area contributed by atoms with Crippen LogP contribution in [0.4, 0.5) is 4.39 Å². The minimum Gasteiger partial charge on any atom is -0.477 e. The zero-order chi connectivity index (χ0) is 28.3. The van der Waals surface area contributed by atoms with Gasteiger partial charge in [-0.05, 0) is 73.6 Å². The van der Waals surface area contributed by atoms with Crippen LogP contribution >= 0.6 is 0 Å². The number of aromatic carboxylic acids is 1. The highest BCUT2D eigenvalue weighted by molar-refractivity contribution is 5.88. The first kappa shape index (κ1) is 26.6. The van der Waals surface area contributed by atoms with Gasteiger partial charge in [-0.25, -0.2) is 24.1 Å².